The highest BCUT2D eigenvalue weighted by molar-refractivity contribution is 5.93. The van der Waals surface area contributed by atoms with Crippen LogP contribution in [-0.2, 0) is 16.0 Å². The normalized spacial score (nSPS) is 18.2. The van der Waals surface area contributed by atoms with E-state index in [1.807, 2.05) is 19.9 Å². The van der Waals surface area contributed by atoms with Crippen LogP contribution in [0.3, 0.4) is 0 Å². The summed E-state index contributed by atoms with van der Waals surface area (Å²) in [5.74, 6) is -0.159. The summed E-state index contributed by atoms with van der Waals surface area (Å²) in [6.45, 7) is 4.72. The molecule has 1 fully saturated rings. The van der Waals surface area contributed by atoms with Crippen molar-refractivity contribution in [2.45, 2.75) is 32.7 Å². The molecule has 1 aliphatic heterocycles. The summed E-state index contributed by atoms with van der Waals surface area (Å²) >= 11 is 0. The van der Waals surface area contributed by atoms with Gasteiger partial charge in [-0.25, -0.2) is 0 Å². The third-order valence-corrected chi connectivity index (χ3v) is 4.21. The molecule has 22 heavy (non-hydrogen) atoms. The van der Waals surface area contributed by atoms with Crippen LogP contribution in [0.25, 0.3) is 11.0 Å². The molecule has 0 aliphatic carbocycles. The lowest BCUT2D eigenvalue weighted by molar-refractivity contribution is -0.131. The summed E-state index contributed by atoms with van der Waals surface area (Å²) in [4.78, 5) is 25.7. The largest absolute Gasteiger partial charge is 0.464 e. The lowest BCUT2D eigenvalue weighted by Crippen LogP contribution is -2.41. The number of hydrogen-bond donors (Lipinski definition) is 1. The highest BCUT2D eigenvalue weighted by Crippen LogP contribution is 2.26. The van der Waals surface area contributed by atoms with Gasteiger partial charge in [-0.1, -0.05) is 6.07 Å². The van der Waals surface area contributed by atoms with Crippen LogP contribution < -0.4 is 5.32 Å². The molecule has 0 radical (unpaired) electrons. The van der Waals surface area contributed by atoms with Gasteiger partial charge in [0.25, 0.3) is 0 Å². The number of nitrogens with one attached hydrogen (secondary N) is 1. The molecule has 1 saturated heterocycles. The lowest BCUT2D eigenvalue weighted by Gasteiger charge is -2.12. The number of aryl methyl sites for hydroxylation is 2. The molecule has 116 valence electrons. The maximum Gasteiger partial charge on any atom is 0.244 e. The number of fused-ring (bicyclic) bond motifs is 1. The van der Waals surface area contributed by atoms with Crippen molar-refractivity contribution in [2.24, 2.45) is 0 Å². The Morgan fingerprint density at radius 2 is 2.18 bits per heavy atom. The molecule has 2 heterocycles. The summed E-state index contributed by atoms with van der Waals surface area (Å²) in [5.41, 5.74) is 3.90. The first-order valence-corrected chi connectivity index (χ1v) is 7.47. The standard InChI is InChI=1S/C17H20N2O3/c1-10-6-11(2)16-12(9-22-14(16)7-10)8-15(20)18-13-4-5-19(3)17(13)21/h6-7,9,13H,4-5,8H2,1-3H3,(H,18,20)/t13-/m0/s1. The molecule has 3 rings (SSSR count). The van der Waals surface area contributed by atoms with E-state index in [2.05, 4.69) is 11.4 Å². The van der Waals surface area contributed by atoms with Crippen molar-refractivity contribution in [3.05, 3.63) is 35.1 Å². The van der Waals surface area contributed by atoms with Crippen molar-refractivity contribution in [3.63, 3.8) is 0 Å². The van der Waals surface area contributed by atoms with Gasteiger partial charge in [-0.3, -0.25) is 9.59 Å². The number of amides is 2. The van der Waals surface area contributed by atoms with Gasteiger partial charge in [0.2, 0.25) is 11.8 Å². The van der Waals surface area contributed by atoms with E-state index in [-0.39, 0.29) is 24.3 Å². The fourth-order valence-corrected chi connectivity index (χ4v) is 3.13. The monoisotopic (exact) mass is 300 g/mol. The molecule has 0 bridgehead atoms. The van der Waals surface area contributed by atoms with Gasteiger partial charge < -0.3 is 14.6 Å². The third-order valence-electron chi connectivity index (χ3n) is 4.21. The van der Waals surface area contributed by atoms with E-state index in [9.17, 15) is 9.59 Å². The molecule has 5 heteroatoms. The molecular formula is C17H20N2O3. The Bertz CT molecular complexity index is 748. The second-order valence-electron chi connectivity index (χ2n) is 6.06. The van der Waals surface area contributed by atoms with Gasteiger partial charge in [-0.05, 0) is 37.5 Å². The molecule has 2 aromatic rings. The molecule has 5 nitrogen and oxygen atoms in total. The predicted octanol–water partition coefficient (Wildman–Crippen LogP) is 1.94. The molecule has 1 atom stereocenters. The number of furan rings is 1. The average Bonchev–Trinajstić information content (AvgIpc) is 2.97. The second kappa shape index (κ2) is 5.48. The van der Waals surface area contributed by atoms with Crippen molar-refractivity contribution in [1.82, 2.24) is 10.2 Å². The SMILES string of the molecule is Cc1cc(C)c2c(CC(=O)N[C@H]3CCN(C)C3=O)coc2c1. The van der Waals surface area contributed by atoms with Crippen LogP contribution in [0.1, 0.15) is 23.1 Å². The van der Waals surface area contributed by atoms with E-state index in [1.54, 1.807) is 18.2 Å². The summed E-state index contributed by atoms with van der Waals surface area (Å²) in [7, 11) is 1.75. The summed E-state index contributed by atoms with van der Waals surface area (Å²) in [6, 6.07) is 3.66. The summed E-state index contributed by atoms with van der Waals surface area (Å²) in [5, 5.41) is 3.82. The highest BCUT2D eigenvalue weighted by atomic mass is 16.3. The predicted molar refractivity (Wildman–Crippen MR) is 83.6 cm³/mol. The van der Waals surface area contributed by atoms with Gasteiger partial charge in [-0.2, -0.15) is 0 Å². The van der Waals surface area contributed by atoms with Gasteiger partial charge in [-0.15, -0.1) is 0 Å². The maximum absolute atomic E-state index is 12.2. The van der Waals surface area contributed by atoms with E-state index in [0.717, 1.165) is 27.7 Å². The van der Waals surface area contributed by atoms with Crippen LogP contribution in [-0.4, -0.2) is 36.3 Å². The van der Waals surface area contributed by atoms with Crippen LogP contribution in [0, 0.1) is 13.8 Å². The zero-order chi connectivity index (χ0) is 15.9. The number of benzene rings is 1. The fraction of sp³-hybridized carbons (Fsp3) is 0.412. The van der Waals surface area contributed by atoms with Gasteiger partial charge >= 0.3 is 0 Å². The number of likely N-dealkylation sites (N-methyl/N-ethyl adjacent to an activating group) is 1. The first kappa shape index (κ1) is 14.6. The Hall–Kier alpha value is -2.30. The first-order chi connectivity index (χ1) is 10.5. The Labute approximate surface area is 129 Å². The molecule has 0 spiro atoms. The zero-order valence-electron chi connectivity index (χ0n) is 13.1. The van der Waals surface area contributed by atoms with Crippen LogP contribution >= 0.6 is 0 Å². The van der Waals surface area contributed by atoms with Gasteiger partial charge in [0.1, 0.15) is 11.6 Å². The second-order valence-corrected chi connectivity index (χ2v) is 6.06. The molecule has 0 unspecified atom stereocenters. The quantitative estimate of drug-likeness (QED) is 0.942. The number of hydrogen-bond acceptors (Lipinski definition) is 3. The number of carbonyl (C=O) groups excluding carboxylic acids is 2. The Morgan fingerprint density at radius 1 is 1.41 bits per heavy atom. The van der Waals surface area contributed by atoms with E-state index in [0.29, 0.717) is 13.0 Å². The fourth-order valence-electron chi connectivity index (χ4n) is 3.13. The molecule has 1 aromatic heterocycles. The van der Waals surface area contributed by atoms with Crippen molar-refractivity contribution in [3.8, 4) is 0 Å². The lowest BCUT2D eigenvalue weighted by atomic mass is 10.0. The highest BCUT2D eigenvalue weighted by Gasteiger charge is 2.30. The molecular weight excluding hydrogens is 280 g/mol. The van der Waals surface area contributed by atoms with Crippen molar-refractivity contribution in [2.75, 3.05) is 13.6 Å². The van der Waals surface area contributed by atoms with E-state index >= 15 is 0 Å². The van der Waals surface area contributed by atoms with Crippen LogP contribution in [0.15, 0.2) is 22.8 Å². The number of nitrogens with zero attached hydrogens (tertiary/aromatic N) is 1. The van der Waals surface area contributed by atoms with E-state index in [4.69, 9.17) is 4.42 Å². The van der Waals surface area contributed by atoms with Gasteiger partial charge in [0.05, 0.1) is 12.7 Å². The van der Waals surface area contributed by atoms with E-state index in [1.165, 1.54) is 0 Å². The van der Waals surface area contributed by atoms with Crippen LogP contribution in [0.5, 0.6) is 0 Å². The van der Waals surface area contributed by atoms with Crippen molar-refractivity contribution >= 4 is 22.8 Å². The molecule has 1 aromatic carbocycles. The van der Waals surface area contributed by atoms with Crippen LogP contribution in [0.2, 0.25) is 0 Å². The Morgan fingerprint density at radius 3 is 2.86 bits per heavy atom. The third kappa shape index (κ3) is 2.58. The number of carbonyl (C=O) groups is 2. The van der Waals surface area contributed by atoms with Gasteiger partial charge in [0, 0.05) is 24.5 Å². The van der Waals surface area contributed by atoms with Gasteiger partial charge in [0.15, 0.2) is 0 Å². The molecule has 0 saturated carbocycles. The molecule has 2 amide bonds. The summed E-state index contributed by atoms with van der Waals surface area (Å²) < 4.78 is 5.56. The average molecular weight is 300 g/mol. The van der Waals surface area contributed by atoms with Crippen molar-refractivity contribution < 1.29 is 14.0 Å². The minimum Gasteiger partial charge on any atom is -0.464 e. The maximum atomic E-state index is 12.2. The number of likely N-dealkylation sites (tertiary alicyclic amines) is 1. The topological polar surface area (TPSA) is 62.6 Å². The van der Waals surface area contributed by atoms with Crippen LogP contribution in [0.4, 0.5) is 0 Å². The summed E-state index contributed by atoms with van der Waals surface area (Å²) in [6.07, 6.45) is 2.54. The molecule has 1 aliphatic rings. The Balaban J connectivity index is 1.76. The smallest absolute Gasteiger partial charge is 0.244 e. The first-order valence-electron chi connectivity index (χ1n) is 7.47. The minimum absolute atomic E-state index is 0.0165. The zero-order valence-corrected chi connectivity index (χ0v) is 13.1. The Kier molecular flexibility index (Phi) is 3.64. The minimum atomic E-state index is -0.390. The molecule has 1 N–H and O–H groups in total. The van der Waals surface area contributed by atoms with E-state index < -0.39 is 0 Å². The number of rotatable bonds is 3. The van der Waals surface area contributed by atoms with Crippen molar-refractivity contribution in [1.29, 1.82) is 0 Å².